The van der Waals surface area contributed by atoms with Gasteiger partial charge in [0.15, 0.2) is 0 Å². The normalized spacial score (nSPS) is 21.5. The van der Waals surface area contributed by atoms with Gasteiger partial charge in [0.2, 0.25) is 0 Å². The van der Waals surface area contributed by atoms with Crippen LogP contribution in [0.15, 0.2) is 36.4 Å². The summed E-state index contributed by atoms with van der Waals surface area (Å²) in [4.78, 5) is 81.8. The van der Waals surface area contributed by atoms with E-state index in [4.69, 9.17) is 18.9 Å². The van der Waals surface area contributed by atoms with Crippen molar-refractivity contribution in [2.75, 3.05) is 39.6 Å². The SMILES string of the molecule is CC1(C)CC(N2C(=O)c3ccc(C(=O)OCC(O)COCCCCOCC(O)COC(=O)c4ccc5c(c4)C(=O)N(C4CC(C)(C)NC(C)(C)C4)C5=O)cc3C2=O)CC(C)(C)N1. The zero-order chi connectivity index (χ0) is 45.4. The number of unbranched alkanes of at least 4 members (excludes halogenated alkanes) is 1. The van der Waals surface area contributed by atoms with E-state index >= 15 is 0 Å². The Kier molecular flexibility index (Phi) is 13.8. The summed E-state index contributed by atoms with van der Waals surface area (Å²) in [7, 11) is 0. The predicted octanol–water partition coefficient (Wildman–Crippen LogP) is 4.05. The minimum Gasteiger partial charge on any atom is -0.459 e. The zero-order valence-corrected chi connectivity index (χ0v) is 37.1. The molecule has 0 radical (unpaired) electrons. The van der Waals surface area contributed by atoms with Gasteiger partial charge < -0.3 is 39.8 Å². The number of nitrogens with zero attached hydrogens (tertiary/aromatic N) is 2. The van der Waals surface area contributed by atoms with Gasteiger partial charge in [-0.1, -0.05) is 0 Å². The fourth-order valence-corrected chi connectivity index (χ4v) is 9.79. The van der Waals surface area contributed by atoms with E-state index in [1.807, 2.05) is 55.4 Å². The van der Waals surface area contributed by atoms with Crippen LogP contribution in [0.1, 0.15) is 156 Å². The van der Waals surface area contributed by atoms with Gasteiger partial charge in [-0.15, -0.1) is 0 Å². The lowest BCUT2D eigenvalue weighted by Gasteiger charge is -2.48. The number of hydrogen-bond acceptors (Lipinski definition) is 14. The maximum absolute atomic E-state index is 13.5. The molecule has 0 bridgehead atoms. The van der Waals surface area contributed by atoms with Crippen molar-refractivity contribution in [2.45, 2.75) is 140 Å². The van der Waals surface area contributed by atoms with E-state index in [0.29, 0.717) is 38.5 Å². The second kappa shape index (κ2) is 18.3. The summed E-state index contributed by atoms with van der Waals surface area (Å²) >= 11 is 0. The molecular weight excluding hydrogens is 801 g/mol. The number of esters is 2. The van der Waals surface area contributed by atoms with E-state index in [-0.39, 0.29) is 119 Å². The van der Waals surface area contributed by atoms with Crippen LogP contribution in [0.25, 0.3) is 0 Å². The number of nitrogens with one attached hydrogen (secondary N) is 2. The second-order valence-corrected chi connectivity index (χ2v) is 19.8. The highest BCUT2D eigenvalue weighted by molar-refractivity contribution is 6.23. The molecule has 0 spiro atoms. The lowest BCUT2D eigenvalue weighted by atomic mass is 9.79. The molecule has 0 saturated carbocycles. The number of benzene rings is 2. The van der Waals surface area contributed by atoms with Gasteiger partial charge in [-0.2, -0.15) is 0 Å². The molecule has 16 heteroatoms. The Balaban J connectivity index is 0.839. The highest BCUT2D eigenvalue weighted by Crippen LogP contribution is 2.38. The first-order valence-electron chi connectivity index (χ1n) is 21.4. The van der Waals surface area contributed by atoms with Crippen molar-refractivity contribution < 1.29 is 57.9 Å². The van der Waals surface area contributed by atoms with Crippen LogP contribution in [0.4, 0.5) is 0 Å². The molecule has 4 N–H and O–H groups in total. The first-order valence-corrected chi connectivity index (χ1v) is 21.4. The van der Waals surface area contributed by atoms with E-state index in [0.717, 1.165) is 0 Å². The number of ether oxygens (including phenoxy) is 4. The number of carbonyl (C=O) groups is 6. The highest BCUT2D eigenvalue weighted by Gasteiger charge is 2.48. The Morgan fingerprint density at radius 3 is 1.23 bits per heavy atom. The summed E-state index contributed by atoms with van der Waals surface area (Å²) in [6.07, 6.45) is 1.36. The Hall–Kier alpha value is -4.58. The summed E-state index contributed by atoms with van der Waals surface area (Å²) in [5.41, 5.74) is -0.119. The molecule has 4 heterocycles. The van der Waals surface area contributed by atoms with E-state index in [2.05, 4.69) is 10.6 Å². The molecule has 16 nitrogen and oxygen atoms in total. The molecule has 2 unspecified atom stereocenters. The lowest BCUT2D eigenvalue weighted by Crippen LogP contribution is -2.62. The maximum Gasteiger partial charge on any atom is 0.338 e. The molecule has 6 rings (SSSR count). The number of piperidine rings is 2. The van der Waals surface area contributed by atoms with E-state index in [9.17, 15) is 39.0 Å². The first kappa shape index (κ1) is 46.9. The van der Waals surface area contributed by atoms with E-state index < -0.39 is 36.0 Å². The van der Waals surface area contributed by atoms with Crippen LogP contribution < -0.4 is 10.6 Å². The topological polar surface area (TPSA) is 210 Å². The molecule has 338 valence electrons. The van der Waals surface area contributed by atoms with Gasteiger partial charge in [-0.3, -0.25) is 29.0 Å². The van der Waals surface area contributed by atoms with Crippen LogP contribution >= 0.6 is 0 Å². The Morgan fingerprint density at radius 1 is 0.565 bits per heavy atom. The molecular formula is C46H62N4O12. The number of carbonyl (C=O) groups excluding carboxylic acids is 6. The number of rotatable bonds is 17. The molecule has 2 aromatic carbocycles. The van der Waals surface area contributed by atoms with Crippen molar-refractivity contribution in [3.63, 3.8) is 0 Å². The Bertz CT molecular complexity index is 1900. The second-order valence-electron chi connectivity index (χ2n) is 19.8. The monoisotopic (exact) mass is 862 g/mol. The highest BCUT2D eigenvalue weighted by atomic mass is 16.6. The van der Waals surface area contributed by atoms with Gasteiger partial charge >= 0.3 is 11.9 Å². The maximum atomic E-state index is 13.5. The van der Waals surface area contributed by atoms with Crippen molar-refractivity contribution in [1.82, 2.24) is 20.4 Å². The van der Waals surface area contributed by atoms with Gasteiger partial charge in [0.05, 0.1) is 46.6 Å². The number of amides is 4. The molecule has 0 aliphatic carbocycles. The largest absolute Gasteiger partial charge is 0.459 e. The predicted molar refractivity (Wildman–Crippen MR) is 226 cm³/mol. The molecule has 0 aromatic heterocycles. The minimum absolute atomic E-state index is 0.0881. The summed E-state index contributed by atoms with van der Waals surface area (Å²) in [5, 5.41) is 27.8. The number of aliphatic hydroxyl groups is 2. The smallest absolute Gasteiger partial charge is 0.338 e. The Labute approximate surface area is 363 Å². The number of fused-ring (bicyclic) bond motifs is 2. The van der Waals surface area contributed by atoms with Gasteiger partial charge in [0, 0.05) is 47.5 Å². The molecule has 4 aliphatic heterocycles. The molecule has 2 saturated heterocycles. The van der Waals surface area contributed by atoms with Gasteiger partial charge in [-0.05, 0) is 130 Å². The summed E-state index contributed by atoms with van der Waals surface area (Å²) in [6.45, 7) is 16.1. The van der Waals surface area contributed by atoms with Gasteiger partial charge in [0.1, 0.15) is 25.4 Å². The number of imide groups is 2. The summed E-state index contributed by atoms with van der Waals surface area (Å²) in [5.74, 6) is -3.10. The van der Waals surface area contributed by atoms with Crippen molar-refractivity contribution in [2.24, 2.45) is 0 Å². The standard InChI is InChI=1S/C46H62N4O12/c1-43(2)19-29(20-44(3,4)47-43)49-37(53)33-13-11-27(17-35(33)39(49)55)41(57)61-25-31(51)23-59-15-9-10-16-60-24-32(52)26-62-42(58)28-12-14-34-36(18-28)40(56)50(38(34)54)30-21-45(5,6)48-46(7,8)22-30/h11-14,17-18,29-32,47-48,51-52H,9-10,15-16,19-26H2,1-8H3. The molecule has 2 aromatic rings. The third-order valence-corrected chi connectivity index (χ3v) is 11.6. The average Bonchev–Trinajstić information content (AvgIpc) is 3.57. The van der Waals surface area contributed by atoms with Crippen LogP contribution in [0, 0.1) is 0 Å². The zero-order valence-electron chi connectivity index (χ0n) is 37.1. The molecule has 2 atom stereocenters. The minimum atomic E-state index is -1.10. The molecule has 62 heavy (non-hydrogen) atoms. The van der Waals surface area contributed by atoms with Crippen LogP contribution in [-0.4, -0.2) is 142 Å². The van der Waals surface area contributed by atoms with Crippen molar-refractivity contribution in [3.8, 4) is 0 Å². The van der Waals surface area contributed by atoms with Gasteiger partial charge in [-0.25, -0.2) is 9.59 Å². The lowest BCUT2D eigenvalue weighted by molar-refractivity contribution is -0.0182. The summed E-state index contributed by atoms with van der Waals surface area (Å²) < 4.78 is 21.6. The van der Waals surface area contributed by atoms with Crippen LogP contribution in [0.3, 0.4) is 0 Å². The first-order chi connectivity index (χ1) is 29.0. The molecule has 2 fully saturated rings. The Morgan fingerprint density at radius 2 is 0.887 bits per heavy atom. The van der Waals surface area contributed by atoms with Crippen molar-refractivity contribution in [1.29, 1.82) is 0 Å². The summed E-state index contributed by atoms with van der Waals surface area (Å²) in [6, 6.07) is 7.98. The van der Waals surface area contributed by atoms with Crippen LogP contribution in [0.2, 0.25) is 0 Å². The number of hydrogen-bond donors (Lipinski definition) is 4. The van der Waals surface area contributed by atoms with Crippen LogP contribution in [-0.2, 0) is 18.9 Å². The van der Waals surface area contributed by atoms with E-state index in [1.54, 1.807) is 0 Å². The fraction of sp³-hybridized carbons (Fsp3) is 0.609. The van der Waals surface area contributed by atoms with Crippen molar-refractivity contribution in [3.05, 3.63) is 69.8 Å². The number of aliphatic hydroxyl groups excluding tert-OH is 2. The third kappa shape index (κ3) is 11.0. The van der Waals surface area contributed by atoms with Crippen molar-refractivity contribution >= 4 is 35.6 Å². The quantitative estimate of drug-likeness (QED) is 0.101. The van der Waals surface area contributed by atoms with Crippen LogP contribution in [0.5, 0.6) is 0 Å². The molecule has 4 amide bonds. The van der Waals surface area contributed by atoms with E-state index in [1.165, 1.54) is 46.2 Å². The average molecular weight is 863 g/mol. The molecule has 4 aliphatic rings. The van der Waals surface area contributed by atoms with Gasteiger partial charge in [0.25, 0.3) is 23.6 Å². The third-order valence-electron chi connectivity index (χ3n) is 11.6. The fourth-order valence-electron chi connectivity index (χ4n) is 9.79.